The Kier molecular flexibility index (Phi) is 19.6. The van der Waals surface area contributed by atoms with Crippen molar-refractivity contribution in [2.75, 3.05) is 0 Å². The first-order chi connectivity index (χ1) is 4.13. The van der Waals surface area contributed by atoms with Crippen LogP contribution in [0.25, 0.3) is 0 Å². The van der Waals surface area contributed by atoms with E-state index < -0.39 is 0 Å². The molecule has 56 valence electrons. The van der Waals surface area contributed by atoms with Gasteiger partial charge in [-0.25, -0.2) is 0 Å². The van der Waals surface area contributed by atoms with E-state index in [-0.39, 0.29) is 39.1 Å². The van der Waals surface area contributed by atoms with Crippen molar-refractivity contribution in [2.24, 2.45) is 11.8 Å². The number of hydrogen-bond acceptors (Lipinski definition) is 0. The van der Waals surface area contributed by atoms with Crippen LogP contribution in [0, 0.1) is 11.8 Å². The molecule has 0 nitrogen and oxygen atoms in total. The molecule has 0 rings (SSSR count). The standard InChI is InChI=1S/2C4H9.2Al.Li.2H2/c2*1-4(2)3;;;;;/h2*4H,1H2,2-3H3;;;;2*1H/q;;+1;+3;+1;;. The Hall–Kier alpha value is 1.66. The zero-order valence-corrected chi connectivity index (χ0v) is 11.0. The number of rotatable bonds is 4. The molecule has 0 amide bonds. The first-order valence-corrected chi connectivity index (χ1v) is 5.58. The molecular weight excluding hydrogens is 157 g/mol. The molecule has 0 aliphatic rings. The molecule has 0 fully saturated rings. The Morgan fingerprint density at radius 2 is 1.27 bits per heavy atom. The maximum atomic E-state index is 2.31. The van der Waals surface area contributed by atoms with Gasteiger partial charge in [-0.1, -0.05) is 0 Å². The minimum Gasteiger partial charge on any atom is 0 e. The van der Waals surface area contributed by atoms with E-state index in [4.69, 9.17) is 0 Å². The van der Waals surface area contributed by atoms with Gasteiger partial charge in [0.05, 0.1) is 0 Å². The molecule has 0 atom stereocenters. The van der Waals surface area contributed by atoms with E-state index in [2.05, 4.69) is 27.7 Å². The largest absolute Gasteiger partial charge is 3.00 e. The van der Waals surface area contributed by atoms with E-state index >= 15 is 0 Å². The van der Waals surface area contributed by atoms with Crippen LogP contribution >= 0.6 is 0 Å². The van der Waals surface area contributed by atoms with Crippen molar-refractivity contribution < 1.29 is 21.7 Å². The Bertz CT molecular complexity index is 65.2. The predicted octanol–water partition coefficient (Wildman–Crippen LogP) is -0.0456. The SMILES string of the molecule is CC(C)[CH2][Al+][CH2]C(C)C.[Al+3].[HH].[HH].[Li+]. The van der Waals surface area contributed by atoms with Gasteiger partial charge in [-0.05, 0) is 0 Å². The van der Waals surface area contributed by atoms with Gasteiger partial charge >= 0.3 is 102 Å². The van der Waals surface area contributed by atoms with Crippen molar-refractivity contribution in [3.63, 3.8) is 0 Å². The summed E-state index contributed by atoms with van der Waals surface area (Å²) >= 11 is 0.755. The molecule has 0 saturated carbocycles. The van der Waals surface area contributed by atoms with Gasteiger partial charge in [0, 0.05) is 2.85 Å². The predicted molar refractivity (Wildman–Crippen MR) is 55.0 cm³/mol. The van der Waals surface area contributed by atoms with Crippen molar-refractivity contribution in [3.05, 3.63) is 0 Å². The average Bonchev–Trinajstić information content (AvgIpc) is 1.63. The zero-order chi connectivity index (χ0) is 7.28. The van der Waals surface area contributed by atoms with Crippen LogP contribution in [0.2, 0.25) is 10.6 Å². The topological polar surface area (TPSA) is 0 Å². The Morgan fingerprint density at radius 3 is 1.45 bits per heavy atom. The molecular formula is C8H22Al2Li+5. The van der Waals surface area contributed by atoms with Crippen molar-refractivity contribution in [2.45, 2.75) is 38.3 Å². The molecule has 0 spiro atoms. The third kappa shape index (κ3) is 18.5. The fourth-order valence-corrected chi connectivity index (χ4v) is 2.29. The van der Waals surface area contributed by atoms with E-state index in [0.717, 1.165) is 27.1 Å². The molecule has 0 aromatic carbocycles. The normalized spacial score (nSPS) is 8.55. The van der Waals surface area contributed by atoms with Crippen molar-refractivity contribution in [1.82, 2.24) is 0 Å². The average molecular weight is 179 g/mol. The van der Waals surface area contributed by atoms with E-state index in [1.807, 2.05) is 0 Å². The first kappa shape index (κ1) is 18.4. The molecule has 0 aliphatic heterocycles. The maximum Gasteiger partial charge on any atom is 3.00 e. The minimum absolute atomic E-state index is 0. The molecule has 0 N–H and O–H groups in total. The Morgan fingerprint density at radius 1 is 1.00 bits per heavy atom. The fraction of sp³-hybridized carbons (Fsp3) is 1.00. The maximum absolute atomic E-state index is 2.31. The molecule has 0 radical (unpaired) electrons. The second kappa shape index (κ2) is 11.7. The first-order valence-electron chi connectivity index (χ1n) is 3.94. The fourth-order valence-electron chi connectivity index (χ4n) is 0.763. The Balaban J connectivity index is -0.0000000533. The molecule has 0 unspecified atom stereocenters. The molecule has 0 aromatic rings. The molecule has 0 bridgehead atoms. The van der Waals surface area contributed by atoms with Gasteiger partial charge in [0.1, 0.15) is 0 Å². The van der Waals surface area contributed by atoms with Crippen molar-refractivity contribution >= 4 is 32.6 Å². The molecule has 0 aromatic heterocycles. The second-order valence-electron chi connectivity index (χ2n) is 3.55. The van der Waals surface area contributed by atoms with E-state index in [1.165, 1.54) is 10.6 Å². The monoisotopic (exact) mass is 179 g/mol. The zero-order valence-electron chi connectivity index (χ0n) is 8.72. The van der Waals surface area contributed by atoms with Crippen LogP contribution < -0.4 is 18.9 Å². The molecule has 0 heterocycles. The molecule has 3 heteroatoms. The smallest absolute Gasteiger partial charge is 0 e. The van der Waals surface area contributed by atoms with Gasteiger partial charge in [-0.15, -0.1) is 0 Å². The molecule has 0 aliphatic carbocycles. The summed E-state index contributed by atoms with van der Waals surface area (Å²) in [6, 6.07) is 0. The summed E-state index contributed by atoms with van der Waals surface area (Å²) < 4.78 is 0. The van der Waals surface area contributed by atoms with E-state index in [0.29, 0.717) is 0 Å². The van der Waals surface area contributed by atoms with Gasteiger partial charge < -0.3 is 0 Å². The van der Waals surface area contributed by atoms with Crippen molar-refractivity contribution in [1.29, 1.82) is 0 Å². The van der Waals surface area contributed by atoms with Gasteiger partial charge in [0.15, 0.2) is 0 Å². The third-order valence-electron chi connectivity index (χ3n) is 1.28. The van der Waals surface area contributed by atoms with Gasteiger partial charge in [0.25, 0.3) is 0 Å². The van der Waals surface area contributed by atoms with Crippen LogP contribution in [0.4, 0.5) is 0 Å². The number of hydrogen-bond donors (Lipinski definition) is 0. The van der Waals surface area contributed by atoms with Gasteiger partial charge in [-0.3, -0.25) is 0 Å². The second-order valence-corrected chi connectivity index (χ2v) is 5.07. The third-order valence-corrected chi connectivity index (χ3v) is 3.83. The summed E-state index contributed by atoms with van der Waals surface area (Å²) in [5.41, 5.74) is 0. The Labute approximate surface area is 104 Å². The van der Waals surface area contributed by atoms with E-state index in [9.17, 15) is 0 Å². The summed E-state index contributed by atoms with van der Waals surface area (Å²) in [5, 5.41) is 2.97. The van der Waals surface area contributed by atoms with Gasteiger partial charge in [-0.2, -0.15) is 0 Å². The van der Waals surface area contributed by atoms with Crippen molar-refractivity contribution in [3.8, 4) is 0 Å². The van der Waals surface area contributed by atoms with Crippen LogP contribution in [0.3, 0.4) is 0 Å². The van der Waals surface area contributed by atoms with E-state index in [1.54, 1.807) is 0 Å². The summed E-state index contributed by atoms with van der Waals surface area (Å²) in [6.07, 6.45) is 0. The molecule has 11 heavy (non-hydrogen) atoms. The summed E-state index contributed by atoms with van der Waals surface area (Å²) in [6.45, 7) is 9.25. The van der Waals surface area contributed by atoms with Crippen LogP contribution in [0.5, 0.6) is 0 Å². The summed E-state index contributed by atoms with van der Waals surface area (Å²) in [5.74, 6) is 1.86. The summed E-state index contributed by atoms with van der Waals surface area (Å²) in [4.78, 5) is 0. The summed E-state index contributed by atoms with van der Waals surface area (Å²) in [7, 11) is 0. The van der Waals surface area contributed by atoms with Gasteiger partial charge in [0.2, 0.25) is 0 Å². The minimum atomic E-state index is 0. The van der Waals surface area contributed by atoms with Crippen LogP contribution in [0.15, 0.2) is 0 Å². The van der Waals surface area contributed by atoms with Crippen LogP contribution in [-0.4, -0.2) is 32.6 Å². The quantitative estimate of drug-likeness (QED) is 0.531. The van der Waals surface area contributed by atoms with Crippen LogP contribution in [0.1, 0.15) is 30.5 Å². The van der Waals surface area contributed by atoms with Crippen LogP contribution in [-0.2, 0) is 0 Å². The molecule has 0 saturated heterocycles.